The van der Waals surface area contributed by atoms with Crippen LogP contribution in [-0.2, 0) is 61.5 Å². The predicted molar refractivity (Wildman–Crippen MR) is 426 cm³/mol. The maximum Gasteiger partial charge on any atom is 0.345 e. The summed E-state index contributed by atoms with van der Waals surface area (Å²) in [6.45, 7) is 29.3. The summed E-state index contributed by atoms with van der Waals surface area (Å²) in [5.41, 5.74) is 8.10. The van der Waals surface area contributed by atoms with Crippen molar-refractivity contribution < 1.29 is 73.5 Å². The molecule has 0 unspecified atom stereocenters. The lowest BCUT2D eigenvalue weighted by atomic mass is 9.86. The molecule has 28 nitrogen and oxygen atoms in total. The maximum absolute atomic E-state index is 13.9. The van der Waals surface area contributed by atoms with Gasteiger partial charge in [0.1, 0.15) is 18.1 Å². The number of hydrogen-bond acceptors (Lipinski definition) is 18. The van der Waals surface area contributed by atoms with E-state index in [9.17, 15) is 69.0 Å². The number of aromatic nitrogens is 10. The summed E-state index contributed by atoms with van der Waals surface area (Å²) in [5.74, 6) is -8.24. The lowest BCUT2D eigenvalue weighted by Crippen LogP contribution is -2.54. The average Bonchev–Trinajstić information content (AvgIpc) is 1.63. The van der Waals surface area contributed by atoms with E-state index in [2.05, 4.69) is 71.4 Å². The van der Waals surface area contributed by atoms with Gasteiger partial charge in [-0.1, -0.05) is 74.4 Å². The first-order chi connectivity index (χ1) is 56.0. The number of hydrogen-bond donors (Lipinski definition) is 5. The molecule has 119 heavy (non-hydrogen) atoms. The highest BCUT2D eigenvalue weighted by molar-refractivity contribution is 5.89. The van der Waals surface area contributed by atoms with Crippen LogP contribution in [0.15, 0.2) is 77.3 Å². The summed E-state index contributed by atoms with van der Waals surface area (Å²) in [6.07, 6.45) is 2.38. The fourth-order valence-corrected chi connectivity index (χ4v) is 14.8. The van der Waals surface area contributed by atoms with Gasteiger partial charge >= 0.3 is 30.1 Å². The molecule has 5 aliphatic heterocycles. The molecule has 5 aromatic heterocycles. The van der Waals surface area contributed by atoms with Crippen molar-refractivity contribution in [3.8, 4) is 45.0 Å². The van der Waals surface area contributed by atoms with Crippen molar-refractivity contribution in [3.63, 3.8) is 0 Å². The van der Waals surface area contributed by atoms with E-state index in [1.807, 2.05) is 81.6 Å². The molecule has 5 amide bonds. The third-order valence-electron chi connectivity index (χ3n) is 21.6. The quantitative estimate of drug-likeness (QED) is 0.0752. The van der Waals surface area contributed by atoms with Gasteiger partial charge in [-0.2, -0.15) is 44.1 Å². The zero-order valence-electron chi connectivity index (χ0n) is 69.7. The van der Waals surface area contributed by atoms with Crippen molar-refractivity contribution in [2.75, 3.05) is 94.1 Å². The monoisotopic (exact) mass is 1660 g/mol. The molecule has 0 spiro atoms. The number of amides is 5. The van der Waals surface area contributed by atoms with E-state index in [4.69, 9.17) is 4.52 Å². The van der Waals surface area contributed by atoms with E-state index in [0.717, 1.165) is 126 Å². The van der Waals surface area contributed by atoms with E-state index >= 15 is 0 Å². The van der Waals surface area contributed by atoms with Crippen LogP contribution in [0.4, 0.5) is 54.3 Å². The number of halogens is 8. The van der Waals surface area contributed by atoms with Gasteiger partial charge in [-0.15, -0.1) is 0 Å². The van der Waals surface area contributed by atoms with Crippen molar-refractivity contribution in [2.24, 2.45) is 16.2 Å². The molecule has 1 saturated heterocycles. The molecule has 4 aromatic carbocycles. The molecule has 0 aliphatic carbocycles. The topological polar surface area (TPSA) is 300 Å². The van der Waals surface area contributed by atoms with Crippen molar-refractivity contribution in [1.29, 1.82) is 0 Å². The first kappa shape index (κ1) is 88.7. The van der Waals surface area contributed by atoms with Gasteiger partial charge in [-0.25, -0.2) is 59.1 Å². The summed E-state index contributed by atoms with van der Waals surface area (Å²) in [4.78, 5) is 93.2. The molecule has 9 aromatic rings. The third-order valence-corrected chi connectivity index (χ3v) is 21.6. The number of aryl methyl sites for hydroxylation is 1. The highest BCUT2D eigenvalue weighted by Gasteiger charge is 2.40. The van der Waals surface area contributed by atoms with Crippen LogP contribution < -0.4 is 21.3 Å². The number of carbonyl (C=O) groups excluding carboxylic acids is 5. The van der Waals surface area contributed by atoms with Crippen LogP contribution in [0.1, 0.15) is 132 Å². The zero-order chi connectivity index (χ0) is 86.8. The number of piperazine rings is 1. The second-order valence-electron chi connectivity index (χ2n) is 33.8. The Morgan fingerprint density at radius 3 is 1.12 bits per heavy atom. The molecule has 638 valence electrons. The Morgan fingerprint density at radius 2 is 0.790 bits per heavy atom. The first-order valence-corrected chi connectivity index (χ1v) is 39.2. The summed E-state index contributed by atoms with van der Waals surface area (Å²) in [6, 6.07) is 10.3. The number of carboxylic acids is 1. The number of carboxylic acid groups (broad SMARTS) is 1. The molecular weight excluding hydrogens is 1560 g/mol. The molecule has 5 N–H and O–H groups in total. The molecule has 0 bridgehead atoms. The van der Waals surface area contributed by atoms with E-state index in [-0.39, 0.29) is 11.9 Å². The summed E-state index contributed by atoms with van der Waals surface area (Å²) in [7, 11) is 9.42. The molecule has 36 heteroatoms. The van der Waals surface area contributed by atoms with Gasteiger partial charge in [0.15, 0.2) is 52.4 Å². The fraction of sp³-hybridized carbons (Fsp3) is 0.470. The number of nitrogens with one attached hydrogen (secondary N) is 4. The Hall–Kier alpha value is -11.1. The normalized spacial score (nSPS) is 16.2. The van der Waals surface area contributed by atoms with Gasteiger partial charge in [0.2, 0.25) is 11.8 Å². The van der Waals surface area contributed by atoms with Crippen LogP contribution >= 0.6 is 0 Å². The van der Waals surface area contributed by atoms with Crippen LogP contribution in [0.25, 0.3) is 45.0 Å². The Morgan fingerprint density at radius 1 is 0.445 bits per heavy atom. The smallest absolute Gasteiger partial charge is 0.345 e. The molecule has 3 atom stereocenters. The molecule has 14 rings (SSSR count). The SMILES string of the molecule is CCN1CCc2c(c(-c3ccc(F)c(F)c3)nn2C(=O)N[C@H](C(=O)NC)C(C)(C)C)C1.CN1CCN(C(=O)n2nc(-c3ccc(F)c(F)c3)c3c2CCN(C)C3)CC1.CN1CCc2c(c(-c3ccc(F)c(F)c3)nn2C(=O)N[C@H](C(=O)O)C(C)(C)C)C1.Cc1noc([C@@H](NC(=O)n2nc(-c3ccc(F)c(F)c3)c3c2CCN(C)C3)C(C)(C)C)n1. The van der Waals surface area contributed by atoms with Crippen molar-refractivity contribution in [2.45, 2.75) is 146 Å². The number of likely N-dealkylation sites (N-methyl/N-ethyl adjacent to an activating group) is 6. The highest BCUT2D eigenvalue weighted by atomic mass is 19.2. The van der Waals surface area contributed by atoms with E-state index in [0.29, 0.717) is 140 Å². The largest absolute Gasteiger partial charge is 0.480 e. The molecule has 1 fully saturated rings. The van der Waals surface area contributed by atoms with Crippen LogP contribution in [0.3, 0.4) is 0 Å². The van der Waals surface area contributed by atoms with Crippen LogP contribution in [0.5, 0.6) is 0 Å². The maximum atomic E-state index is 13.9. The second kappa shape index (κ2) is 36.2. The minimum Gasteiger partial charge on any atom is -0.480 e. The molecule has 0 saturated carbocycles. The van der Waals surface area contributed by atoms with Crippen LogP contribution in [0, 0.1) is 69.7 Å². The van der Waals surface area contributed by atoms with Crippen molar-refractivity contribution in [3.05, 3.63) is 176 Å². The minimum absolute atomic E-state index is 0.141. The Labute approximate surface area is 684 Å². The third kappa shape index (κ3) is 20.1. The predicted octanol–water partition coefficient (Wildman–Crippen LogP) is 11.7. The van der Waals surface area contributed by atoms with E-state index in [1.165, 1.54) is 45.4 Å². The lowest BCUT2D eigenvalue weighted by molar-refractivity contribution is -0.142. The van der Waals surface area contributed by atoms with Crippen molar-refractivity contribution >= 4 is 36.0 Å². The average molecular weight is 1660 g/mol. The van der Waals surface area contributed by atoms with Crippen LogP contribution in [0.2, 0.25) is 0 Å². The fourth-order valence-electron chi connectivity index (χ4n) is 14.8. The van der Waals surface area contributed by atoms with Gasteiger partial charge in [0.25, 0.3) is 0 Å². The van der Waals surface area contributed by atoms with Gasteiger partial charge in [0.05, 0.1) is 45.6 Å². The summed E-state index contributed by atoms with van der Waals surface area (Å²) in [5, 5.41) is 42.1. The van der Waals surface area contributed by atoms with Crippen LogP contribution in [-0.4, -0.2) is 226 Å². The van der Waals surface area contributed by atoms with Gasteiger partial charge in [0, 0.05) is 156 Å². The Kier molecular flexibility index (Phi) is 27.0. The summed E-state index contributed by atoms with van der Waals surface area (Å²) < 4.78 is 120. The van der Waals surface area contributed by atoms with E-state index < -0.39 is 105 Å². The van der Waals surface area contributed by atoms with Gasteiger partial charge in [-0.3, -0.25) is 9.69 Å². The standard InChI is InChI=1S/C22H26F2N6O2.C22H29F2N5O2.C20H24F2N4O3.C19H23F2N5O/c1-12-25-20(32-28-12)19(22(2,3)4)26-21(31)30-17-8-9-29(5)11-14(17)18(27-30)13-6-7-15(23)16(24)10-13;1-6-28-10-9-17-14(12-28)18(13-7-8-15(23)16(24)11-13)27-29(17)21(31)26-19(20(30)25-5)22(2,3)4;1-20(2,3)17(18(27)28)23-19(29)26-15-7-8-25(4)10-12(15)16(24-26)11-5-6-13(21)14(22)9-11;1-23-7-9-25(10-8-23)19(27)26-17-5-6-24(2)12-14(17)18(22-26)13-3-4-15(20)16(21)11-13/h6-7,10,19H,8-9,11H2,1-5H3,(H,26,31);7-8,11,19H,6,9-10,12H2,1-5H3,(H,25,30)(H,26,31);5-6,9,17H,7-8,10H2,1-4H3,(H,23,29)(H,27,28);3-4,11H,5-10,12H2,1-2H3/t2*19-;17-;/m111./s1. The van der Waals surface area contributed by atoms with Crippen molar-refractivity contribution in [1.82, 2.24) is 99.9 Å². The number of benzene rings is 4. The minimum atomic E-state index is -1.15. The Bertz CT molecular complexity index is 5280. The molecule has 0 radical (unpaired) electrons. The summed E-state index contributed by atoms with van der Waals surface area (Å²) >= 11 is 0. The Balaban J connectivity index is 0.000000156. The zero-order valence-corrected chi connectivity index (χ0v) is 69.7. The first-order valence-electron chi connectivity index (χ1n) is 39.2. The second-order valence-corrected chi connectivity index (χ2v) is 33.8. The van der Waals surface area contributed by atoms with Gasteiger partial charge in [-0.05, 0) is 131 Å². The lowest BCUT2D eigenvalue weighted by Gasteiger charge is -2.32. The molecule has 10 heterocycles. The van der Waals surface area contributed by atoms with E-state index in [1.54, 1.807) is 32.6 Å². The number of aliphatic carboxylic acids is 1. The number of carbonyl (C=O) groups is 6. The molecule has 5 aliphatic rings. The highest BCUT2D eigenvalue weighted by Crippen LogP contribution is 2.38. The number of rotatable bonds is 11. The van der Waals surface area contributed by atoms with Gasteiger partial charge < -0.3 is 55.4 Å². The number of fused-ring (bicyclic) bond motifs is 4. The number of nitrogens with zero attached hydrogens (tertiary/aromatic N) is 16. The molecular formula is C83H102F8N20O8.